The number of carbonyl (C=O) groups is 2. The molecule has 2 amide bonds. The highest BCUT2D eigenvalue weighted by Gasteiger charge is 2.28. The molecule has 1 aromatic heterocycles. The lowest BCUT2D eigenvalue weighted by atomic mass is 10.2. The van der Waals surface area contributed by atoms with Crippen LogP contribution < -0.4 is 4.74 Å². The first-order valence-electron chi connectivity index (χ1n) is 7.59. The summed E-state index contributed by atoms with van der Waals surface area (Å²) in [5, 5.41) is 4.19. The second kappa shape index (κ2) is 6.99. The molecule has 8 nitrogen and oxygen atoms in total. The van der Waals surface area contributed by atoms with Crippen molar-refractivity contribution < 1.29 is 19.1 Å². The van der Waals surface area contributed by atoms with Crippen molar-refractivity contribution in [2.24, 2.45) is 7.05 Å². The molecule has 1 aliphatic heterocycles. The molecule has 0 aliphatic carbocycles. The molecular weight excluding hydrogens is 300 g/mol. The third kappa shape index (κ3) is 4.22. The van der Waals surface area contributed by atoms with Crippen molar-refractivity contribution in [2.75, 3.05) is 33.8 Å². The Kier molecular flexibility index (Phi) is 5.25. The van der Waals surface area contributed by atoms with Gasteiger partial charge in [-0.05, 0) is 13.8 Å². The average molecular weight is 324 g/mol. The van der Waals surface area contributed by atoms with Crippen molar-refractivity contribution in [1.29, 1.82) is 0 Å². The monoisotopic (exact) mass is 324 g/mol. The Morgan fingerprint density at radius 3 is 2.52 bits per heavy atom. The van der Waals surface area contributed by atoms with E-state index in [-0.39, 0.29) is 30.6 Å². The standard InChI is InChI=1S/C15H24N4O4/c1-10-7-19(8-11(2)23-10)15(21)12-6-14(18(5)16-12)22-9-13(20)17(3)4/h6,10-11H,7-9H2,1-5H3. The van der Waals surface area contributed by atoms with Gasteiger partial charge in [-0.15, -0.1) is 0 Å². The molecule has 1 aliphatic rings. The highest BCUT2D eigenvalue weighted by molar-refractivity contribution is 5.92. The molecule has 1 aromatic rings. The number of hydrogen-bond donors (Lipinski definition) is 0. The Hall–Kier alpha value is -2.09. The van der Waals surface area contributed by atoms with Crippen LogP contribution in [-0.4, -0.2) is 77.4 Å². The second-order valence-corrected chi connectivity index (χ2v) is 6.04. The molecule has 2 unspecified atom stereocenters. The molecule has 1 saturated heterocycles. The van der Waals surface area contributed by atoms with Crippen LogP contribution in [0.2, 0.25) is 0 Å². The summed E-state index contributed by atoms with van der Waals surface area (Å²) in [7, 11) is 4.99. The summed E-state index contributed by atoms with van der Waals surface area (Å²) in [6.07, 6.45) is -0.000286. The smallest absolute Gasteiger partial charge is 0.274 e. The van der Waals surface area contributed by atoms with Gasteiger partial charge in [0.15, 0.2) is 12.3 Å². The van der Waals surface area contributed by atoms with E-state index in [4.69, 9.17) is 9.47 Å². The van der Waals surface area contributed by atoms with Gasteiger partial charge in [0, 0.05) is 40.3 Å². The number of likely N-dealkylation sites (N-methyl/N-ethyl adjacent to an activating group) is 1. The minimum absolute atomic E-state index is 0.000143. The van der Waals surface area contributed by atoms with Crippen LogP contribution in [0.1, 0.15) is 24.3 Å². The first-order chi connectivity index (χ1) is 10.8. The molecule has 0 N–H and O–H groups in total. The molecule has 8 heteroatoms. The molecule has 0 bridgehead atoms. The normalized spacial score (nSPS) is 21.2. The van der Waals surface area contributed by atoms with Crippen LogP contribution in [0.3, 0.4) is 0 Å². The number of ether oxygens (including phenoxy) is 2. The van der Waals surface area contributed by atoms with E-state index >= 15 is 0 Å². The van der Waals surface area contributed by atoms with Gasteiger partial charge >= 0.3 is 0 Å². The van der Waals surface area contributed by atoms with E-state index in [1.54, 1.807) is 32.1 Å². The maximum Gasteiger partial charge on any atom is 0.274 e. The molecule has 0 aromatic carbocycles. The Morgan fingerprint density at radius 2 is 1.96 bits per heavy atom. The van der Waals surface area contributed by atoms with E-state index in [2.05, 4.69) is 5.10 Å². The molecule has 0 spiro atoms. The predicted molar refractivity (Wildman–Crippen MR) is 83.3 cm³/mol. The van der Waals surface area contributed by atoms with E-state index in [0.717, 1.165) is 0 Å². The fourth-order valence-electron chi connectivity index (χ4n) is 2.46. The molecule has 1 fully saturated rings. The molecule has 2 heterocycles. The third-order valence-electron chi connectivity index (χ3n) is 3.61. The highest BCUT2D eigenvalue weighted by Crippen LogP contribution is 2.17. The number of amides is 2. The van der Waals surface area contributed by atoms with Crippen LogP contribution in [0.4, 0.5) is 0 Å². The minimum Gasteiger partial charge on any atom is -0.468 e. The van der Waals surface area contributed by atoms with Crippen molar-refractivity contribution in [3.63, 3.8) is 0 Å². The average Bonchev–Trinajstić information content (AvgIpc) is 2.83. The van der Waals surface area contributed by atoms with E-state index in [1.807, 2.05) is 13.8 Å². The minimum atomic E-state index is -0.157. The van der Waals surface area contributed by atoms with Crippen LogP contribution in [0.25, 0.3) is 0 Å². The van der Waals surface area contributed by atoms with Gasteiger partial charge < -0.3 is 19.3 Å². The van der Waals surface area contributed by atoms with Gasteiger partial charge in [0.2, 0.25) is 5.88 Å². The van der Waals surface area contributed by atoms with Crippen molar-refractivity contribution in [3.05, 3.63) is 11.8 Å². The van der Waals surface area contributed by atoms with Gasteiger partial charge in [0.25, 0.3) is 11.8 Å². The van der Waals surface area contributed by atoms with Gasteiger partial charge in [-0.3, -0.25) is 9.59 Å². The highest BCUT2D eigenvalue weighted by atomic mass is 16.5. The fraction of sp³-hybridized carbons (Fsp3) is 0.667. The van der Waals surface area contributed by atoms with Crippen molar-refractivity contribution in [2.45, 2.75) is 26.1 Å². The lowest BCUT2D eigenvalue weighted by molar-refractivity contribution is -0.130. The van der Waals surface area contributed by atoms with Gasteiger partial charge in [-0.25, -0.2) is 4.68 Å². The lowest BCUT2D eigenvalue weighted by Crippen LogP contribution is -2.48. The third-order valence-corrected chi connectivity index (χ3v) is 3.61. The zero-order valence-electron chi connectivity index (χ0n) is 14.3. The Bertz CT molecular complexity index is 574. The quantitative estimate of drug-likeness (QED) is 0.787. The maximum absolute atomic E-state index is 12.6. The maximum atomic E-state index is 12.6. The molecular formula is C15H24N4O4. The number of rotatable bonds is 4. The second-order valence-electron chi connectivity index (χ2n) is 6.04. The van der Waals surface area contributed by atoms with Crippen molar-refractivity contribution in [1.82, 2.24) is 19.6 Å². The summed E-state index contributed by atoms with van der Waals surface area (Å²) < 4.78 is 12.5. The summed E-state index contributed by atoms with van der Waals surface area (Å²) in [4.78, 5) is 27.3. The number of hydrogen-bond acceptors (Lipinski definition) is 5. The first-order valence-corrected chi connectivity index (χ1v) is 7.59. The van der Waals surface area contributed by atoms with Crippen LogP contribution in [0.15, 0.2) is 6.07 Å². The van der Waals surface area contributed by atoms with Crippen LogP contribution in [0, 0.1) is 0 Å². The number of carbonyl (C=O) groups excluding carboxylic acids is 2. The van der Waals surface area contributed by atoms with E-state index < -0.39 is 0 Å². The summed E-state index contributed by atoms with van der Waals surface area (Å²) in [5.41, 5.74) is 0.307. The van der Waals surface area contributed by atoms with Crippen molar-refractivity contribution in [3.8, 4) is 5.88 Å². The number of nitrogens with zero attached hydrogens (tertiary/aromatic N) is 4. The van der Waals surface area contributed by atoms with Gasteiger partial charge in [0.05, 0.1) is 12.2 Å². The Morgan fingerprint density at radius 1 is 1.35 bits per heavy atom. The number of aryl methyl sites for hydroxylation is 1. The predicted octanol–water partition coefficient (Wildman–Crippen LogP) is 0.137. The fourth-order valence-corrected chi connectivity index (χ4v) is 2.46. The topological polar surface area (TPSA) is 76.9 Å². The van der Waals surface area contributed by atoms with Gasteiger partial charge in [-0.2, -0.15) is 5.10 Å². The Balaban J connectivity index is 2.04. The van der Waals surface area contributed by atoms with Crippen LogP contribution in [-0.2, 0) is 16.6 Å². The SMILES string of the molecule is CC1CN(C(=O)c2cc(OCC(=O)N(C)C)n(C)n2)CC(C)O1. The molecule has 2 atom stereocenters. The summed E-state index contributed by atoms with van der Waals surface area (Å²) in [6.45, 7) is 4.86. The zero-order valence-corrected chi connectivity index (χ0v) is 14.3. The summed E-state index contributed by atoms with van der Waals surface area (Å²) in [5.74, 6) is 0.0733. The van der Waals surface area contributed by atoms with E-state index in [0.29, 0.717) is 24.7 Å². The van der Waals surface area contributed by atoms with Crippen LogP contribution in [0.5, 0.6) is 5.88 Å². The first kappa shape index (κ1) is 17.3. The summed E-state index contributed by atoms with van der Waals surface area (Å²) in [6, 6.07) is 1.57. The van der Waals surface area contributed by atoms with Crippen molar-refractivity contribution >= 4 is 11.8 Å². The molecule has 2 rings (SSSR count). The zero-order chi connectivity index (χ0) is 17.1. The summed E-state index contributed by atoms with van der Waals surface area (Å²) >= 11 is 0. The van der Waals surface area contributed by atoms with E-state index in [1.165, 1.54) is 9.58 Å². The molecule has 0 radical (unpaired) electrons. The largest absolute Gasteiger partial charge is 0.468 e. The number of morpholine rings is 1. The number of aromatic nitrogens is 2. The molecule has 23 heavy (non-hydrogen) atoms. The van der Waals surface area contributed by atoms with E-state index in [9.17, 15) is 9.59 Å². The molecule has 128 valence electrons. The van der Waals surface area contributed by atoms with Gasteiger partial charge in [-0.1, -0.05) is 0 Å². The molecule has 0 saturated carbocycles. The Labute approximate surface area is 135 Å². The van der Waals surface area contributed by atoms with Crippen LogP contribution >= 0.6 is 0 Å². The van der Waals surface area contributed by atoms with Gasteiger partial charge in [0.1, 0.15) is 0 Å². The lowest BCUT2D eigenvalue weighted by Gasteiger charge is -2.34.